The molecular weight excluding hydrogens is 554 g/mol. The number of hydrogen-bond donors (Lipinski definition) is 4. The van der Waals surface area contributed by atoms with E-state index in [1.54, 1.807) is 71.9 Å². The van der Waals surface area contributed by atoms with Gasteiger partial charge in [-0.3, -0.25) is 19.2 Å². The van der Waals surface area contributed by atoms with E-state index in [0.29, 0.717) is 11.3 Å². The maximum absolute atomic E-state index is 12.6. The number of carbonyl (C=O) groups excluding carboxylic acids is 4. The number of β-amino-alcohol motifs (C(OH)–C–C–N with tert-alkyl or cyclic N) is 1. The van der Waals surface area contributed by atoms with Gasteiger partial charge in [0.2, 0.25) is 5.91 Å². The molecule has 0 heterocycles. The maximum Gasteiger partial charge on any atom is 0.316 e. The molecule has 0 aliphatic carbocycles. The molecule has 0 saturated heterocycles. The molecule has 4 N–H and O–H groups in total. The van der Waals surface area contributed by atoms with Crippen LogP contribution in [0.1, 0.15) is 67.1 Å². The third kappa shape index (κ3) is 12.4. The number of aliphatic hydroxyl groups excluding tert-OH is 1. The van der Waals surface area contributed by atoms with Gasteiger partial charge in [-0.15, -0.1) is 0 Å². The Morgan fingerprint density at radius 2 is 1.35 bits per heavy atom. The first-order chi connectivity index (χ1) is 19.9. The zero-order valence-corrected chi connectivity index (χ0v) is 26.3. The van der Waals surface area contributed by atoms with Gasteiger partial charge in [-0.2, -0.15) is 0 Å². The number of rotatable bonds is 13. The van der Waals surface area contributed by atoms with Crippen LogP contribution in [0.3, 0.4) is 0 Å². The molecule has 11 nitrogen and oxygen atoms in total. The summed E-state index contributed by atoms with van der Waals surface area (Å²) in [7, 11) is 0. The van der Waals surface area contributed by atoms with Crippen LogP contribution in [0.2, 0.25) is 0 Å². The fraction of sp³-hybridized carbons (Fsp3) is 0.500. The van der Waals surface area contributed by atoms with Crippen molar-refractivity contribution in [1.82, 2.24) is 16.0 Å². The summed E-state index contributed by atoms with van der Waals surface area (Å²) in [5.74, 6) is -1.18. The third-order valence-electron chi connectivity index (χ3n) is 6.04. The second-order valence-electron chi connectivity index (χ2n) is 12.9. The third-order valence-corrected chi connectivity index (χ3v) is 6.04. The summed E-state index contributed by atoms with van der Waals surface area (Å²) in [5, 5.41) is 19.4. The summed E-state index contributed by atoms with van der Waals surface area (Å²) in [6, 6.07) is 13.4. The number of para-hydroxylation sites is 1. The van der Waals surface area contributed by atoms with Gasteiger partial charge >= 0.3 is 11.9 Å². The van der Waals surface area contributed by atoms with Crippen LogP contribution in [0.15, 0.2) is 48.5 Å². The second-order valence-corrected chi connectivity index (χ2v) is 12.9. The molecule has 2 amide bonds. The minimum absolute atomic E-state index is 0.0248. The monoisotopic (exact) mass is 599 g/mol. The molecule has 0 saturated carbocycles. The molecule has 2 rings (SSSR count). The van der Waals surface area contributed by atoms with Crippen molar-refractivity contribution in [3.63, 3.8) is 0 Å². The van der Waals surface area contributed by atoms with Gasteiger partial charge < -0.3 is 35.3 Å². The predicted octanol–water partition coefficient (Wildman–Crippen LogP) is 3.30. The van der Waals surface area contributed by atoms with E-state index in [0.717, 1.165) is 0 Å². The molecule has 2 aromatic rings. The Morgan fingerprint density at radius 1 is 0.767 bits per heavy atom. The first-order valence-corrected chi connectivity index (χ1v) is 14.1. The van der Waals surface area contributed by atoms with E-state index in [1.807, 2.05) is 19.9 Å². The van der Waals surface area contributed by atoms with Crippen molar-refractivity contribution < 1.29 is 38.5 Å². The Hall–Kier alpha value is -3.96. The van der Waals surface area contributed by atoms with Crippen molar-refractivity contribution in [1.29, 1.82) is 0 Å². The number of ether oxygens (including phenoxy) is 3. The Balaban J connectivity index is 1.93. The highest BCUT2D eigenvalue weighted by molar-refractivity contribution is 5.85. The van der Waals surface area contributed by atoms with Gasteiger partial charge in [0.25, 0.3) is 5.91 Å². The Labute approximate surface area is 253 Å². The van der Waals surface area contributed by atoms with E-state index in [4.69, 9.17) is 14.2 Å². The van der Waals surface area contributed by atoms with Crippen LogP contribution >= 0.6 is 0 Å². The second kappa shape index (κ2) is 15.0. The summed E-state index contributed by atoms with van der Waals surface area (Å²) in [6.45, 7) is 13.8. The van der Waals surface area contributed by atoms with E-state index < -0.39 is 40.3 Å². The van der Waals surface area contributed by atoms with Gasteiger partial charge in [-0.25, -0.2) is 0 Å². The van der Waals surface area contributed by atoms with Gasteiger partial charge in [0.1, 0.15) is 5.75 Å². The highest BCUT2D eigenvalue weighted by atomic mass is 16.6. The molecule has 1 atom stereocenters. The lowest BCUT2D eigenvalue weighted by Crippen LogP contribution is -2.51. The topological polar surface area (TPSA) is 152 Å². The van der Waals surface area contributed by atoms with E-state index >= 15 is 0 Å². The molecule has 2 aromatic carbocycles. The van der Waals surface area contributed by atoms with Crippen LogP contribution in [-0.4, -0.2) is 60.6 Å². The van der Waals surface area contributed by atoms with Crippen LogP contribution in [0.5, 0.6) is 17.2 Å². The summed E-state index contributed by atoms with van der Waals surface area (Å²) in [5.41, 5.74) is -1.79. The van der Waals surface area contributed by atoms with Crippen molar-refractivity contribution in [2.75, 3.05) is 26.2 Å². The predicted molar refractivity (Wildman–Crippen MR) is 162 cm³/mol. The van der Waals surface area contributed by atoms with E-state index in [-0.39, 0.29) is 43.6 Å². The van der Waals surface area contributed by atoms with Crippen molar-refractivity contribution in [2.45, 2.75) is 67.0 Å². The molecule has 0 fully saturated rings. The Kier molecular flexibility index (Phi) is 12.3. The molecule has 0 spiro atoms. The van der Waals surface area contributed by atoms with Crippen molar-refractivity contribution >= 4 is 23.8 Å². The summed E-state index contributed by atoms with van der Waals surface area (Å²) in [6.07, 6.45) is -1.02. The number of amides is 2. The molecule has 43 heavy (non-hydrogen) atoms. The quantitative estimate of drug-likeness (QED) is 0.201. The van der Waals surface area contributed by atoms with E-state index in [9.17, 15) is 24.3 Å². The maximum atomic E-state index is 12.6. The number of aliphatic hydroxyl groups is 1. The van der Waals surface area contributed by atoms with Crippen molar-refractivity contribution in [3.05, 3.63) is 54.1 Å². The first kappa shape index (κ1) is 35.2. The number of nitrogens with one attached hydrogen (secondary N) is 3. The number of hydrogen-bond acceptors (Lipinski definition) is 9. The van der Waals surface area contributed by atoms with Crippen LogP contribution in [0.4, 0.5) is 0 Å². The molecule has 0 aliphatic heterocycles. The molecular formula is C32H45N3O8. The summed E-state index contributed by atoms with van der Waals surface area (Å²) >= 11 is 0. The Morgan fingerprint density at radius 3 is 1.93 bits per heavy atom. The average Bonchev–Trinajstić information content (AvgIpc) is 2.93. The lowest BCUT2D eigenvalue weighted by Gasteiger charge is -2.28. The molecule has 0 aromatic heterocycles. The smallest absolute Gasteiger partial charge is 0.316 e. The average molecular weight is 600 g/mol. The number of benzene rings is 2. The van der Waals surface area contributed by atoms with E-state index in [1.165, 1.54) is 12.1 Å². The molecule has 1 unspecified atom stereocenters. The standard InChI is InChI=1S/C32H45N3O8/c1-30(2,3)28(39)42-24-15-14-21(16-25(24)43-29(40)31(4,5)6)23(36)17-35-32(7,8)20-34-26(37)18-33-27(38)19-41-22-12-10-9-11-13-22/h9-16,23,35-36H,17-20H2,1-8H3,(H,33,38)(H,34,37). The van der Waals surface area contributed by atoms with Crippen LogP contribution in [0.25, 0.3) is 0 Å². The fourth-order valence-electron chi connectivity index (χ4n) is 3.23. The molecule has 11 heteroatoms. The van der Waals surface area contributed by atoms with Gasteiger partial charge in [0.15, 0.2) is 18.1 Å². The molecule has 0 radical (unpaired) electrons. The zero-order chi connectivity index (χ0) is 32.4. The SMILES string of the molecule is CC(C)(CNC(=O)CNC(=O)COc1ccccc1)NCC(O)c1ccc(OC(=O)C(C)(C)C)c(OC(=O)C(C)(C)C)c1. The minimum atomic E-state index is -1.02. The van der Waals surface area contributed by atoms with Crippen molar-refractivity contribution in [2.24, 2.45) is 10.8 Å². The van der Waals surface area contributed by atoms with Crippen LogP contribution in [0, 0.1) is 10.8 Å². The van der Waals surface area contributed by atoms with Crippen LogP contribution in [-0.2, 0) is 19.2 Å². The van der Waals surface area contributed by atoms with E-state index in [2.05, 4.69) is 16.0 Å². The minimum Gasteiger partial charge on any atom is -0.484 e. The van der Waals surface area contributed by atoms with Gasteiger partial charge in [-0.05, 0) is 85.2 Å². The van der Waals surface area contributed by atoms with Gasteiger partial charge in [-0.1, -0.05) is 24.3 Å². The Bertz CT molecular complexity index is 1260. The number of carbonyl (C=O) groups is 4. The number of esters is 2. The molecule has 236 valence electrons. The van der Waals surface area contributed by atoms with Gasteiger partial charge in [0, 0.05) is 18.6 Å². The zero-order valence-electron chi connectivity index (χ0n) is 26.3. The highest BCUT2D eigenvalue weighted by Gasteiger charge is 2.29. The normalized spacial score (nSPS) is 12.6. The lowest BCUT2D eigenvalue weighted by atomic mass is 9.97. The van der Waals surface area contributed by atoms with Crippen molar-refractivity contribution in [3.8, 4) is 17.2 Å². The first-order valence-electron chi connectivity index (χ1n) is 14.1. The molecule has 0 aliphatic rings. The van der Waals surface area contributed by atoms with Gasteiger partial charge in [0.05, 0.1) is 23.5 Å². The summed E-state index contributed by atoms with van der Waals surface area (Å²) < 4.78 is 16.4. The summed E-state index contributed by atoms with van der Waals surface area (Å²) in [4.78, 5) is 49.3. The fourth-order valence-corrected chi connectivity index (χ4v) is 3.23. The lowest BCUT2D eigenvalue weighted by molar-refractivity contribution is -0.145. The van der Waals surface area contributed by atoms with Crippen LogP contribution < -0.4 is 30.2 Å². The highest BCUT2D eigenvalue weighted by Crippen LogP contribution is 2.34. The largest absolute Gasteiger partial charge is 0.484 e. The molecule has 0 bridgehead atoms.